The van der Waals surface area contributed by atoms with Gasteiger partial charge in [-0.15, -0.1) is 23.7 Å². The van der Waals surface area contributed by atoms with E-state index < -0.39 is 0 Å². The largest absolute Gasteiger partial charge is 0.457 e. The lowest BCUT2D eigenvalue weighted by molar-refractivity contribution is 0.0204. The van der Waals surface area contributed by atoms with E-state index in [1.54, 1.807) is 12.4 Å². The third-order valence-corrected chi connectivity index (χ3v) is 3.16. The maximum absolute atomic E-state index is 11.8. The number of hydrogen-bond acceptors (Lipinski definition) is 4. The van der Waals surface area contributed by atoms with Crippen LogP contribution in [0.2, 0.25) is 0 Å². The van der Waals surface area contributed by atoms with Crippen LogP contribution in [0.25, 0.3) is 0 Å². The maximum Gasteiger partial charge on any atom is 0.350 e. The number of carbonyl (C=O) groups excluding carboxylic acids is 1. The van der Waals surface area contributed by atoms with Crippen LogP contribution >= 0.6 is 11.3 Å². The molecule has 16 heavy (non-hydrogen) atoms. The molecule has 0 radical (unpaired) electrons. The number of nitrogens with zero attached hydrogens (tertiary/aromatic N) is 1. The van der Waals surface area contributed by atoms with Gasteiger partial charge in [-0.3, -0.25) is 0 Å². The summed E-state index contributed by atoms with van der Waals surface area (Å²) in [5.41, 5.74) is 2.34. The van der Waals surface area contributed by atoms with Gasteiger partial charge in [0.15, 0.2) is 0 Å². The van der Waals surface area contributed by atoms with Gasteiger partial charge in [0.2, 0.25) is 0 Å². The summed E-state index contributed by atoms with van der Waals surface area (Å²) in [5, 5.41) is 0. The maximum atomic E-state index is 11.8. The van der Waals surface area contributed by atoms with Gasteiger partial charge in [-0.1, -0.05) is 13.8 Å². The number of terminal acetylenes is 1. The van der Waals surface area contributed by atoms with Gasteiger partial charge in [0.05, 0.1) is 11.2 Å². The van der Waals surface area contributed by atoms with E-state index in [4.69, 9.17) is 11.2 Å². The molecule has 0 fully saturated rings. The van der Waals surface area contributed by atoms with Crippen LogP contribution in [0.1, 0.15) is 35.6 Å². The summed E-state index contributed by atoms with van der Waals surface area (Å²) in [6, 6.07) is 0. The molecule has 0 unspecified atom stereocenters. The van der Waals surface area contributed by atoms with Crippen LogP contribution in [0, 0.1) is 25.2 Å². The van der Waals surface area contributed by atoms with Crippen molar-refractivity contribution in [2.45, 2.75) is 33.3 Å². The van der Waals surface area contributed by atoms with Crippen molar-refractivity contribution in [2.75, 3.05) is 0 Å². The van der Waals surface area contributed by atoms with Crippen molar-refractivity contribution in [1.29, 1.82) is 0 Å². The second-order valence-electron chi connectivity index (χ2n) is 3.86. The molecule has 1 heterocycles. The minimum Gasteiger partial charge on any atom is -0.457 e. The second-order valence-corrected chi connectivity index (χ2v) is 4.72. The molecule has 3 nitrogen and oxygen atoms in total. The molecule has 1 atom stereocenters. The highest BCUT2D eigenvalue weighted by Gasteiger charge is 2.20. The number of ether oxygens (including phenoxy) is 1. The number of carbonyl (C=O) groups is 1. The molecule has 0 aliphatic heterocycles. The number of rotatable bonds is 4. The second kappa shape index (κ2) is 5.66. The fourth-order valence-electron chi connectivity index (χ4n) is 1.22. The van der Waals surface area contributed by atoms with Crippen LogP contribution in [0.15, 0.2) is 5.51 Å². The zero-order valence-electron chi connectivity index (χ0n) is 9.69. The molecule has 0 saturated carbocycles. The monoisotopic (exact) mass is 237 g/mol. The van der Waals surface area contributed by atoms with E-state index >= 15 is 0 Å². The Balaban J connectivity index is 2.70. The molecular formula is C12H15NO2S. The Morgan fingerprint density at radius 2 is 2.38 bits per heavy atom. The molecule has 1 aromatic heterocycles. The van der Waals surface area contributed by atoms with Crippen LogP contribution < -0.4 is 0 Å². The zero-order chi connectivity index (χ0) is 12.1. The molecule has 0 aliphatic rings. The highest BCUT2D eigenvalue weighted by atomic mass is 32.1. The first kappa shape index (κ1) is 12.7. The highest BCUT2D eigenvalue weighted by molar-refractivity contribution is 7.11. The minimum atomic E-state index is -0.325. The van der Waals surface area contributed by atoms with E-state index in [-0.39, 0.29) is 18.0 Å². The number of esters is 1. The van der Waals surface area contributed by atoms with Crippen LogP contribution in [-0.4, -0.2) is 17.1 Å². The summed E-state index contributed by atoms with van der Waals surface area (Å²) in [6.45, 7) is 5.75. The van der Waals surface area contributed by atoms with Gasteiger partial charge in [0, 0.05) is 6.42 Å². The molecule has 1 aromatic rings. The number of aryl methyl sites for hydroxylation is 1. The first-order valence-electron chi connectivity index (χ1n) is 5.10. The summed E-state index contributed by atoms with van der Waals surface area (Å²) in [5.74, 6) is 2.42. The zero-order valence-corrected chi connectivity index (χ0v) is 10.5. The molecule has 0 bridgehead atoms. The third-order valence-electron chi connectivity index (χ3n) is 2.25. The minimum absolute atomic E-state index is 0.216. The number of aromatic nitrogens is 1. The summed E-state index contributed by atoms with van der Waals surface area (Å²) >= 11 is 1.29. The van der Waals surface area contributed by atoms with Crippen LogP contribution in [-0.2, 0) is 4.74 Å². The van der Waals surface area contributed by atoms with Gasteiger partial charge in [0.25, 0.3) is 0 Å². The van der Waals surface area contributed by atoms with Crippen molar-refractivity contribution in [3.05, 3.63) is 16.1 Å². The Bertz CT molecular complexity index is 403. The van der Waals surface area contributed by atoms with Gasteiger partial charge in [-0.05, 0) is 12.8 Å². The van der Waals surface area contributed by atoms with E-state index in [2.05, 4.69) is 10.9 Å². The first-order chi connectivity index (χ1) is 7.56. The van der Waals surface area contributed by atoms with E-state index in [1.165, 1.54) is 11.3 Å². The predicted octanol–water partition coefficient (Wildman–Crippen LogP) is 2.66. The average molecular weight is 237 g/mol. The third kappa shape index (κ3) is 3.07. The molecule has 0 amide bonds. The van der Waals surface area contributed by atoms with Crippen LogP contribution in [0.4, 0.5) is 0 Å². The Hall–Kier alpha value is -1.34. The summed E-state index contributed by atoms with van der Waals surface area (Å²) in [6.07, 6.45) is 5.46. The highest BCUT2D eigenvalue weighted by Crippen LogP contribution is 2.18. The SMILES string of the molecule is C#CC[C@@H](OC(=O)c1scnc1C)C(C)C. The number of hydrogen-bond donors (Lipinski definition) is 0. The van der Waals surface area contributed by atoms with E-state index in [0.29, 0.717) is 17.0 Å². The fourth-order valence-corrected chi connectivity index (χ4v) is 1.90. The Kier molecular flexibility index (Phi) is 4.51. The Labute approximate surface area is 99.9 Å². The van der Waals surface area contributed by atoms with Crippen molar-refractivity contribution in [3.8, 4) is 12.3 Å². The molecule has 0 N–H and O–H groups in total. The standard InChI is InChI=1S/C12H15NO2S/c1-5-6-10(8(2)3)15-12(14)11-9(4)13-7-16-11/h1,7-8,10H,6H2,2-4H3/t10-/m1/s1. The topological polar surface area (TPSA) is 39.2 Å². The molecular weight excluding hydrogens is 222 g/mol. The Morgan fingerprint density at radius 3 is 2.81 bits per heavy atom. The predicted molar refractivity (Wildman–Crippen MR) is 64.3 cm³/mol. The molecule has 0 saturated heterocycles. The molecule has 0 aromatic carbocycles. The smallest absolute Gasteiger partial charge is 0.350 e. The van der Waals surface area contributed by atoms with Gasteiger partial charge in [0.1, 0.15) is 11.0 Å². The number of thiazole rings is 1. The van der Waals surface area contributed by atoms with Crippen molar-refractivity contribution in [1.82, 2.24) is 4.98 Å². The van der Waals surface area contributed by atoms with Crippen molar-refractivity contribution >= 4 is 17.3 Å². The fraction of sp³-hybridized carbons (Fsp3) is 0.500. The molecule has 0 spiro atoms. The summed E-state index contributed by atoms with van der Waals surface area (Å²) in [4.78, 5) is 16.4. The van der Waals surface area contributed by atoms with Crippen molar-refractivity contribution < 1.29 is 9.53 Å². The lowest BCUT2D eigenvalue weighted by Gasteiger charge is -2.18. The molecule has 0 aliphatic carbocycles. The lowest BCUT2D eigenvalue weighted by Crippen LogP contribution is -2.23. The average Bonchev–Trinajstić information content (AvgIpc) is 2.63. The van der Waals surface area contributed by atoms with Gasteiger partial charge < -0.3 is 4.74 Å². The van der Waals surface area contributed by atoms with Gasteiger partial charge in [-0.25, -0.2) is 9.78 Å². The van der Waals surface area contributed by atoms with Gasteiger partial charge >= 0.3 is 5.97 Å². The van der Waals surface area contributed by atoms with Crippen molar-refractivity contribution in [2.24, 2.45) is 5.92 Å². The quantitative estimate of drug-likeness (QED) is 0.597. The van der Waals surface area contributed by atoms with Crippen molar-refractivity contribution in [3.63, 3.8) is 0 Å². The van der Waals surface area contributed by atoms with E-state index in [9.17, 15) is 4.79 Å². The van der Waals surface area contributed by atoms with E-state index in [0.717, 1.165) is 0 Å². The lowest BCUT2D eigenvalue weighted by atomic mass is 10.0. The normalized spacial score (nSPS) is 12.2. The summed E-state index contributed by atoms with van der Waals surface area (Å²) in [7, 11) is 0. The molecule has 1 rings (SSSR count). The van der Waals surface area contributed by atoms with Crippen LogP contribution in [0.3, 0.4) is 0 Å². The Morgan fingerprint density at radius 1 is 1.69 bits per heavy atom. The van der Waals surface area contributed by atoms with Crippen LogP contribution in [0.5, 0.6) is 0 Å². The van der Waals surface area contributed by atoms with E-state index in [1.807, 2.05) is 13.8 Å². The first-order valence-corrected chi connectivity index (χ1v) is 5.98. The molecule has 4 heteroatoms. The summed E-state index contributed by atoms with van der Waals surface area (Å²) < 4.78 is 5.37. The van der Waals surface area contributed by atoms with Gasteiger partial charge in [-0.2, -0.15) is 0 Å². The molecule has 86 valence electrons.